The third-order valence-electron chi connectivity index (χ3n) is 4.80. The van der Waals surface area contributed by atoms with Gasteiger partial charge in [-0.25, -0.2) is 0 Å². The Bertz CT molecular complexity index is 623. The van der Waals surface area contributed by atoms with Gasteiger partial charge in [0.25, 0.3) is 0 Å². The highest BCUT2D eigenvalue weighted by Crippen LogP contribution is 2.35. The van der Waals surface area contributed by atoms with Gasteiger partial charge in [-0.05, 0) is 18.4 Å². The summed E-state index contributed by atoms with van der Waals surface area (Å²) in [5.74, 6) is 1.10. The van der Waals surface area contributed by atoms with E-state index in [0.717, 1.165) is 18.8 Å². The van der Waals surface area contributed by atoms with Gasteiger partial charge >= 0.3 is 0 Å². The first-order chi connectivity index (χ1) is 11.3. The lowest BCUT2D eigenvalue weighted by Crippen LogP contribution is -3.16. The molecule has 1 heterocycles. The molecular formula is C21H28ClNO. The minimum absolute atomic E-state index is 0. The van der Waals surface area contributed by atoms with Gasteiger partial charge in [-0.15, -0.1) is 0 Å². The van der Waals surface area contributed by atoms with Crippen molar-refractivity contribution in [2.24, 2.45) is 0 Å². The van der Waals surface area contributed by atoms with Crippen molar-refractivity contribution < 1.29 is 22.0 Å². The van der Waals surface area contributed by atoms with Crippen molar-refractivity contribution in [2.75, 3.05) is 19.7 Å². The molecule has 1 atom stereocenters. The summed E-state index contributed by atoms with van der Waals surface area (Å²) in [4.78, 5) is 1.70. The summed E-state index contributed by atoms with van der Waals surface area (Å²) in [6, 6.07) is 17.8. The first kappa shape index (κ1) is 18.8. The predicted molar refractivity (Wildman–Crippen MR) is 96.1 cm³/mol. The van der Waals surface area contributed by atoms with Gasteiger partial charge in [0.1, 0.15) is 18.4 Å². The molecule has 2 aromatic carbocycles. The van der Waals surface area contributed by atoms with Crippen molar-refractivity contribution in [3.05, 3.63) is 54.1 Å². The summed E-state index contributed by atoms with van der Waals surface area (Å²) in [7, 11) is 0. The molecule has 0 fully saturated rings. The molecule has 130 valence electrons. The zero-order chi connectivity index (χ0) is 16.1. The maximum Gasteiger partial charge on any atom is 0.140 e. The SMILES string of the molecule is CCC[NH+](CCC)[C@H]1COc2c(cccc2-c2ccccc2)C1.[Cl-]. The molecule has 0 saturated carbocycles. The lowest BCUT2D eigenvalue weighted by Gasteiger charge is -2.33. The molecular weight excluding hydrogens is 318 g/mol. The lowest BCUT2D eigenvalue weighted by molar-refractivity contribution is -0.926. The fourth-order valence-corrected chi connectivity index (χ4v) is 3.71. The standard InChI is InChI=1S/C21H27NO.ClH/c1-3-13-22(14-4-2)19-15-18-11-8-12-20(21(18)23-16-19)17-9-6-5-7-10-17;/h5-12,19H,3-4,13-16H2,1-2H3;1H/t19-;/m1./s1. The van der Waals surface area contributed by atoms with Gasteiger partial charge in [0.2, 0.25) is 0 Å². The molecule has 3 rings (SSSR count). The number of ether oxygens (including phenoxy) is 1. The van der Waals surface area contributed by atoms with E-state index in [-0.39, 0.29) is 12.4 Å². The highest BCUT2D eigenvalue weighted by atomic mass is 35.5. The van der Waals surface area contributed by atoms with Crippen molar-refractivity contribution in [1.29, 1.82) is 0 Å². The van der Waals surface area contributed by atoms with Gasteiger partial charge in [0, 0.05) is 17.5 Å². The second-order valence-corrected chi connectivity index (χ2v) is 6.53. The lowest BCUT2D eigenvalue weighted by atomic mass is 9.95. The maximum atomic E-state index is 6.27. The Morgan fingerprint density at radius 2 is 1.67 bits per heavy atom. The topological polar surface area (TPSA) is 13.7 Å². The summed E-state index contributed by atoms with van der Waals surface area (Å²) in [6.45, 7) is 7.89. The van der Waals surface area contributed by atoms with Crippen LogP contribution in [0.4, 0.5) is 0 Å². The van der Waals surface area contributed by atoms with E-state index >= 15 is 0 Å². The van der Waals surface area contributed by atoms with Crippen LogP contribution in [0.1, 0.15) is 32.3 Å². The number of halogens is 1. The number of fused-ring (bicyclic) bond motifs is 1. The third kappa shape index (κ3) is 4.12. The molecule has 0 bridgehead atoms. The van der Waals surface area contributed by atoms with Crippen LogP contribution in [0.3, 0.4) is 0 Å². The molecule has 3 heteroatoms. The van der Waals surface area contributed by atoms with Crippen molar-refractivity contribution in [1.82, 2.24) is 0 Å². The zero-order valence-electron chi connectivity index (χ0n) is 14.7. The van der Waals surface area contributed by atoms with E-state index in [1.807, 2.05) is 0 Å². The van der Waals surface area contributed by atoms with Crippen LogP contribution in [0.15, 0.2) is 48.5 Å². The summed E-state index contributed by atoms with van der Waals surface area (Å²) >= 11 is 0. The first-order valence-corrected chi connectivity index (χ1v) is 8.98. The Kier molecular flexibility index (Phi) is 7.14. The van der Waals surface area contributed by atoms with E-state index in [2.05, 4.69) is 62.4 Å². The van der Waals surface area contributed by atoms with Crippen LogP contribution in [0.2, 0.25) is 0 Å². The van der Waals surface area contributed by atoms with E-state index < -0.39 is 0 Å². The molecule has 1 aliphatic rings. The fraction of sp³-hybridized carbons (Fsp3) is 0.429. The normalized spacial score (nSPS) is 16.2. The predicted octanol–water partition coefficient (Wildman–Crippen LogP) is 0.366. The number of hydrogen-bond acceptors (Lipinski definition) is 1. The van der Waals surface area contributed by atoms with Crippen LogP contribution in [0.5, 0.6) is 5.75 Å². The monoisotopic (exact) mass is 345 g/mol. The van der Waals surface area contributed by atoms with Crippen LogP contribution in [-0.2, 0) is 6.42 Å². The summed E-state index contributed by atoms with van der Waals surface area (Å²) in [6.07, 6.45) is 3.61. The zero-order valence-corrected chi connectivity index (χ0v) is 15.5. The van der Waals surface area contributed by atoms with E-state index in [4.69, 9.17) is 4.74 Å². The van der Waals surface area contributed by atoms with E-state index in [0.29, 0.717) is 6.04 Å². The third-order valence-corrected chi connectivity index (χ3v) is 4.80. The number of para-hydroxylation sites is 1. The summed E-state index contributed by atoms with van der Waals surface area (Å²) < 4.78 is 6.27. The maximum absolute atomic E-state index is 6.27. The molecule has 1 aliphatic heterocycles. The minimum Gasteiger partial charge on any atom is -1.00 e. The van der Waals surface area contributed by atoms with Crippen LogP contribution in [0, 0.1) is 0 Å². The van der Waals surface area contributed by atoms with Gasteiger partial charge in [-0.1, -0.05) is 62.4 Å². The second-order valence-electron chi connectivity index (χ2n) is 6.53. The number of nitrogens with one attached hydrogen (secondary N) is 1. The average molecular weight is 346 g/mol. The van der Waals surface area contributed by atoms with Gasteiger partial charge in [-0.3, -0.25) is 0 Å². The van der Waals surface area contributed by atoms with Crippen molar-refractivity contribution in [3.8, 4) is 16.9 Å². The summed E-state index contributed by atoms with van der Waals surface area (Å²) in [5.41, 5.74) is 3.84. The highest BCUT2D eigenvalue weighted by Gasteiger charge is 2.29. The first-order valence-electron chi connectivity index (χ1n) is 8.98. The van der Waals surface area contributed by atoms with E-state index in [1.54, 1.807) is 4.90 Å². The Labute approximate surface area is 152 Å². The molecule has 24 heavy (non-hydrogen) atoms. The quantitative estimate of drug-likeness (QED) is 0.798. The van der Waals surface area contributed by atoms with Crippen LogP contribution in [-0.4, -0.2) is 25.7 Å². The van der Waals surface area contributed by atoms with Crippen molar-refractivity contribution >= 4 is 0 Å². The number of rotatable bonds is 6. The smallest absolute Gasteiger partial charge is 0.140 e. The molecule has 0 aliphatic carbocycles. The van der Waals surface area contributed by atoms with Crippen LogP contribution in [0.25, 0.3) is 11.1 Å². The molecule has 0 radical (unpaired) electrons. The Morgan fingerprint density at radius 3 is 2.33 bits per heavy atom. The number of benzene rings is 2. The van der Waals surface area contributed by atoms with E-state index in [1.165, 1.54) is 42.6 Å². The Balaban J connectivity index is 0.00000208. The number of hydrogen-bond donors (Lipinski definition) is 1. The van der Waals surface area contributed by atoms with Crippen LogP contribution >= 0.6 is 0 Å². The molecule has 1 N–H and O–H groups in total. The van der Waals surface area contributed by atoms with Crippen LogP contribution < -0.4 is 22.0 Å². The molecule has 2 aromatic rings. The molecule has 0 aromatic heterocycles. The van der Waals surface area contributed by atoms with Gasteiger partial charge in [0.05, 0.1) is 13.1 Å². The van der Waals surface area contributed by atoms with E-state index in [9.17, 15) is 0 Å². The molecule has 0 spiro atoms. The average Bonchev–Trinajstić information content (AvgIpc) is 2.61. The van der Waals surface area contributed by atoms with Gasteiger partial charge in [0.15, 0.2) is 0 Å². The fourth-order valence-electron chi connectivity index (χ4n) is 3.71. The second kappa shape index (κ2) is 9.10. The highest BCUT2D eigenvalue weighted by molar-refractivity contribution is 5.72. The largest absolute Gasteiger partial charge is 1.00 e. The van der Waals surface area contributed by atoms with Crippen molar-refractivity contribution in [3.63, 3.8) is 0 Å². The Hall–Kier alpha value is -1.51. The Morgan fingerprint density at radius 1 is 0.958 bits per heavy atom. The van der Waals surface area contributed by atoms with Crippen molar-refractivity contribution in [2.45, 2.75) is 39.2 Å². The molecule has 0 unspecified atom stereocenters. The van der Waals surface area contributed by atoms with Gasteiger partial charge < -0.3 is 22.0 Å². The number of quaternary nitrogens is 1. The minimum atomic E-state index is 0. The molecule has 0 amide bonds. The summed E-state index contributed by atoms with van der Waals surface area (Å²) in [5, 5.41) is 0. The molecule has 2 nitrogen and oxygen atoms in total. The van der Waals surface area contributed by atoms with Gasteiger partial charge in [-0.2, -0.15) is 0 Å². The molecule has 0 saturated heterocycles.